The number of nitrogens with zero attached hydrogens (tertiary/aromatic N) is 1. The van der Waals surface area contributed by atoms with Crippen molar-refractivity contribution in [2.24, 2.45) is 28.6 Å². The Kier molecular flexibility index (Phi) is 4.11. The fourth-order valence-corrected chi connectivity index (χ4v) is 8.84. The molecule has 8 atom stereocenters. The molecular formula is C22H34BrNO2. The summed E-state index contributed by atoms with van der Waals surface area (Å²) in [5.74, 6) is 2.74. The second-order valence-corrected chi connectivity index (χ2v) is 11.6. The quantitative estimate of drug-likeness (QED) is 0.598. The van der Waals surface area contributed by atoms with Crippen LogP contribution in [-0.4, -0.2) is 40.9 Å². The van der Waals surface area contributed by atoms with Crippen molar-refractivity contribution in [1.29, 1.82) is 0 Å². The molecule has 5 fully saturated rings. The van der Waals surface area contributed by atoms with E-state index in [4.69, 9.17) is 4.74 Å². The van der Waals surface area contributed by atoms with Crippen LogP contribution in [0.1, 0.15) is 71.6 Å². The molecule has 4 saturated carbocycles. The van der Waals surface area contributed by atoms with Crippen molar-refractivity contribution in [3.63, 3.8) is 0 Å². The molecule has 3 nitrogen and oxygen atoms in total. The van der Waals surface area contributed by atoms with Crippen LogP contribution in [0.4, 0.5) is 0 Å². The number of halogens is 1. The second-order valence-electron chi connectivity index (χ2n) is 10.5. The summed E-state index contributed by atoms with van der Waals surface area (Å²) in [6, 6.07) is 0.439. The summed E-state index contributed by atoms with van der Waals surface area (Å²) in [7, 11) is 2.04. The summed E-state index contributed by atoms with van der Waals surface area (Å²) < 4.78 is 6.49. The third-order valence-electron chi connectivity index (χ3n) is 9.32. The van der Waals surface area contributed by atoms with Crippen molar-refractivity contribution in [2.45, 2.75) is 94.7 Å². The van der Waals surface area contributed by atoms with Crippen LogP contribution in [0.25, 0.3) is 0 Å². The third kappa shape index (κ3) is 2.43. The predicted molar refractivity (Wildman–Crippen MR) is 106 cm³/mol. The van der Waals surface area contributed by atoms with E-state index in [1.54, 1.807) is 0 Å². The van der Waals surface area contributed by atoms with Gasteiger partial charge in [0, 0.05) is 13.1 Å². The van der Waals surface area contributed by atoms with Crippen LogP contribution in [0.5, 0.6) is 0 Å². The highest BCUT2D eigenvalue weighted by atomic mass is 79.9. The molecule has 0 N–H and O–H groups in total. The smallest absolute Gasteiger partial charge is 0.236 e. The lowest BCUT2D eigenvalue weighted by atomic mass is 9.47. The zero-order valence-electron chi connectivity index (χ0n) is 16.5. The first-order chi connectivity index (χ1) is 12.3. The number of piperidine rings is 1. The van der Waals surface area contributed by atoms with E-state index in [0.717, 1.165) is 24.2 Å². The van der Waals surface area contributed by atoms with Gasteiger partial charge in [-0.15, -0.1) is 0 Å². The number of carbonyl (C=O) groups is 1. The Labute approximate surface area is 166 Å². The maximum atomic E-state index is 12.5. The highest BCUT2D eigenvalue weighted by molar-refractivity contribution is 9.10. The lowest BCUT2D eigenvalue weighted by Gasteiger charge is -2.62. The van der Waals surface area contributed by atoms with E-state index in [2.05, 4.69) is 34.7 Å². The highest BCUT2D eigenvalue weighted by Crippen LogP contribution is 2.65. The zero-order valence-corrected chi connectivity index (χ0v) is 18.1. The van der Waals surface area contributed by atoms with Gasteiger partial charge in [0.05, 0.1) is 17.0 Å². The van der Waals surface area contributed by atoms with Gasteiger partial charge in [-0.25, -0.2) is 0 Å². The number of carbonyl (C=O) groups excluding carboxylic acids is 1. The summed E-state index contributed by atoms with van der Waals surface area (Å²) in [5, 5.41) is 0. The van der Waals surface area contributed by atoms with E-state index in [0.29, 0.717) is 29.6 Å². The van der Waals surface area contributed by atoms with Gasteiger partial charge in [0.25, 0.3) is 0 Å². The van der Waals surface area contributed by atoms with Gasteiger partial charge in [0.1, 0.15) is 0 Å². The number of ether oxygens (including phenoxy) is 1. The molecule has 1 aliphatic heterocycles. The largest absolute Gasteiger partial charge is 0.374 e. The SMILES string of the molecule is CN1C(=O)C(Br)C[C@@]2(C)C1CC[C@@H]1[C@H]2CC[C@]2(C)C(OC3CC3)CC[C@@H]12. The molecule has 5 aliphatic rings. The minimum Gasteiger partial charge on any atom is -0.374 e. The molecule has 4 heteroatoms. The molecule has 3 unspecified atom stereocenters. The zero-order chi connectivity index (χ0) is 18.3. The summed E-state index contributed by atoms with van der Waals surface area (Å²) in [5.41, 5.74) is 0.674. The predicted octanol–water partition coefficient (Wildman–Crippen LogP) is 4.77. The lowest BCUT2D eigenvalue weighted by Crippen LogP contribution is -2.63. The van der Waals surface area contributed by atoms with Crippen LogP contribution < -0.4 is 0 Å². The fourth-order valence-electron chi connectivity index (χ4n) is 7.82. The molecule has 1 saturated heterocycles. The molecule has 146 valence electrons. The molecular weight excluding hydrogens is 390 g/mol. The van der Waals surface area contributed by atoms with Crippen LogP contribution >= 0.6 is 15.9 Å². The highest BCUT2D eigenvalue weighted by Gasteiger charge is 2.62. The van der Waals surface area contributed by atoms with E-state index in [-0.39, 0.29) is 10.2 Å². The molecule has 0 bridgehead atoms. The van der Waals surface area contributed by atoms with Crippen LogP contribution in [0.2, 0.25) is 0 Å². The summed E-state index contributed by atoms with van der Waals surface area (Å²) in [6.07, 6.45) is 12.5. The number of alkyl halides is 1. The minimum absolute atomic E-state index is 0.00957. The maximum absolute atomic E-state index is 12.5. The first-order valence-electron chi connectivity index (χ1n) is 10.9. The Morgan fingerprint density at radius 1 is 1.00 bits per heavy atom. The number of hydrogen-bond acceptors (Lipinski definition) is 2. The molecule has 0 spiro atoms. The van der Waals surface area contributed by atoms with E-state index in [1.165, 1.54) is 51.4 Å². The topological polar surface area (TPSA) is 29.5 Å². The monoisotopic (exact) mass is 423 g/mol. The number of fused-ring (bicyclic) bond motifs is 5. The minimum atomic E-state index is 0.00957. The molecule has 1 heterocycles. The van der Waals surface area contributed by atoms with E-state index in [9.17, 15) is 4.79 Å². The Bertz CT molecular complexity index is 607. The summed E-state index contributed by atoms with van der Waals surface area (Å²) in [4.78, 5) is 14.6. The van der Waals surface area contributed by atoms with Gasteiger partial charge >= 0.3 is 0 Å². The Hall–Kier alpha value is -0.0900. The van der Waals surface area contributed by atoms with Crippen LogP contribution in [0.3, 0.4) is 0 Å². The van der Waals surface area contributed by atoms with Gasteiger partial charge in [-0.1, -0.05) is 29.8 Å². The molecule has 0 aromatic rings. The van der Waals surface area contributed by atoms with E-state index >= 15 is 0 Å². The summed E-state index contributed by atoms with van der Waals surface area (Å²) >= 11 is 3.71. The lowest BCUT2D eigenvalue weighted by molar-refractivity contribution is -0.160. The Morgan fingerprint density at radius 3 is 2.46 bits per heavy atom. The normalized spacial score (nSPS) is 53.8. The van der Waals surface area contributed by atoms with Crippen molar-refractivity contribution in [1.82, 2.24) is 4.90 Å². The molecule has 26 heavy (non-hydrogen) atoms. The molecule has 4 aliphatic carbocycles. The molecule has 1 amide bonds. The van der Waals surface area contributed by atoms with Crippen molar-refractivity contribution in [2.75, 3.05) is 7.05 Å². The van der Waals surface area contributed by atoms with Crippen LogP contribution in [0.15, 0.2) is 0 Å². The average molecular weight is 424 g/mol. The van der Waals surface area contributed by atoms with Crippen molar-refractivity contribution in [3.05, 3.63) is 0 Å². The van der Waals surface area contributed by atoms with E-state index < -0.39 is 0 Å². The number of likely N-dealkylation sites (tertiary alicyclic amines) is 1. The van der Waals surface area contributed by atoms with E-state index in [1.807, 2.05) is 7.05 Å². The Balaban J connectivity index is 1.41. The van der Waals surface area contributed by atoms with Gasteiger partial charge in [-0.3, -0.25) is 4.79 Å². The molecule has 0 aromatic carbocycles. The van der Waals surface area contributed by atoms with Crippen LogP contribution in [0, 0.1) is 28.6 Å². The second kappa shape index (κ2) is 5.95. The Morgan fingerprint density at radius 2 is 1.73 bits per heavy atom. The van der Waals surface area contributed by atoms with Gasteiger partial charge in [0.2, 0.25) is 5.91 Å². The third-order valence-corrected chi connectivity index (χ3v) is 10.0. The van der Waals surface area contributed by atoms with Crippen LogP contribution in [-0.2, 0) is 9.53 Å². The maximum Gasteiger partial charge on any atom is 0.236 e. The van der Waals surface area contributed by atoms with Crippen molar-refractivity contribution < 1.29 is 9.53 Å². The van der Waals surface area contributed by atoms with Gasteiger partial charge in [-0.2, -0.15) is 0 Å². The van der Waals surface area contributed by atoms with Crippen molar-refractivity contribution >= 4 is 21.8 Å². The molecule has 0 aromatic heterocycles. The average Bonchev–Trinajstić information content (AvgIpc) is 3.35. The van der Waals surface area contributed by atoms with Crippen molar-refractivity contribution in [3.8, 4) is 0 Å². The number of rotatable bonds is 2. The first-order valence-corrected chi connectivity index (χ1v) is 11.8. The standard InChI is InChI=1S/C22H34BrNO2/c1-21-11-10-16-14(15(21)7-9-19(21)26-13-4-5-13)6-8-18-22(16,2)12-17(23)20(25)24(18)3/h13-19H,4-12H2,1-3H3/t14-,15-,16+,17?,18?,19?,21-,22+/m0/s1. The summed E-state index contributed by atoms with van der Waals surface area (Å²) in [6.45, 7) is 5.05. The van der Waals surface area contributed by atoms with Gasteiger partial charge in [-0.05, 0) is 86.4 Å². The number of hydrogen-bond donors (Lipinski definition) is 0. The first kappa shape index (κ1) is 18.0. The number of amides is 1. The van der Waals surface area contributed by atoms with Gasteiger partial charge < -0.3 is 9.64 Å². The fraction of sp³-hybridized carbons (Fsp3) is 0.955. The molecule has 5 rings (SSSR count). The molecule has 0 radical (unpaired) electrons. The van der Waals surface area contributed by atoms with Gasteiger partial charge in [0.15, 0.2) is 0 Å².